The van der Waals surface area contributed by atoms with Gasteiger partial charge in [0, 0.05) is 5.75 Å². The topological polar surface area (TPSA) is 37.3 Å². The van der Waals surface area contributed by atoms with Crippen LogP contribution in [0.3, 0.4) is 0 Å². The van der Waals surface area contributed by atoms with E-state index in [1.807, 2.05) is 6.08 Å². The van der Waals surface area contributed by atoms with E-state index in [-0.39, 0.29) is 0 Å². The molecular weight excluding hydrogens is 136 g/mol. The van der Waals surface area contributed by atoms with Gasteiger partial charge < -0.3 is 5.11 Å². The zero-order valence-electron chi connectivity index (χ0n) is 4.70. The van der Waals surface area contributed by atoms with Crippen LogP contribution in [0.1, 0.15) is 0 Å². The number of hydrogen-bond acceptors (Lipinski definition) is 2. The molecule has 0 aromatic heterocycles. The molecule has 0 amide bonds. The zero-order chi connectivity index (χ0) is 6.69. The predicted molar refractivity (Wildman–Crippen MR) is 37.3 cm³/mol. The minimum atomic E-state index is -0.829. The molecule has 1 rings (SSSR count). The third kappa shape index (κ3) is 1.61. The minimum absolute atomic E-state index is 0.428. The van der Waals surface area contributed by atoms with Gasteiger partial charge in [0.15, 0.2) is 0 Å². The standard InChI is InChI=1S/C6H6O2S/c7-6(8)5-3-1-2-4-9-5/h1-3H,4H2,(H,7,8). The summed E-state index contributed by atoms with van der Waals surface area (Å²) in [6.45, 7) is 0. The summed E-state index contributed by atoms with van der Waals surface area (Å²) in [4.78, 5) is 10.7. The summed E-state index contributed by atoms with van der Waals surface area (Å²) in [6, 6.07) is 0. The van der Waals surface area contributed by atoms with Gasteiger partial charge in [-0.25, -0.2) is 4.79 Å². The summed E-state index contributed by atoms with van der Waals surface area (Å²) >= 11 is 1.35. The molecule has 0 saturated carbocycles. The Hall–Kier alpha value is -0.700. The summed E-state index contributed by atoms with van der Waals surface area (Å²) in [5.74, 6) is -0.0534. The number of carboxylic acids is 1. The first-order chi connectivity index (χ1) is 4.30. The minimum Gasteiger partial charge on any atom is -0.477 e. The smallest absolute Gasteiger partial charge is 0.342 e. The van der Waals surface area contributed by atoms with Crippen LogP contribution in [0, 0.1) is 0 Å². The third-order valence-corrected chi connectivity index (χ3v) is 1.91. The van der Waals surface area contributed by atoms with Crippen LogP contribution in [0.2, 0.25) is 0 Å². The van der Waals surface area contributed by atoms with Crippen molar-refractivity contribution < 1.29 is 9.90 Å². The normalized spacial score (nSPS) is 17.1. The second kappa shape index (κ2) is 2.73. The van der Waals surface area contributed by atoms with Crippen LogP contribution >= 0.6 is 11.8 Å². The number of carbonyl (C=O) groups is 1. The van der Waals surface area contributed by atoms with Gasteiger partial charge in [-0.15, -0.1) is 11.8 Å². The van der Waals surface area contributed by atoms with Crippen molar-refractivity contribution in [1.82, 2.24) is 0 Å². The molecule has 0 bridgehead atoms. The lowest BCUT2D eigenvalue weighted by Gasteiger charge is -2.00. The van der Waals surface area contributed by atoms with Gasteiger partial charge in [-0.1, -0.05) is 12.2 Å². The molecule has 1 heterocycles. The molecule has 0 spiro atoms. The number of hydrogen-bond donors (Lipinski definition) is 1. The van der Waals surface area contributed by atoms with Crippen LogP contribution in [-0.2, 0) is 4.79 Å². The van der Waals surface area contributed by atoms with Crippen molar-refractivity contribution in [1.29, 1.82) is 0 Å². The molecule has 48 valence electrons. The van der Waals surface area contributed by atoms with Crippen molar-refractivity contribution >= 4 is 17.7 Å². The monoisotopic (exact) mass is 142 g/mol. The molecule has 1 N–H and O–H groups in total. The zero-order valence-corrected chi connectivity index (χ0v) is 5.52. The van der Waals surface area contributed by atoms with E-state index in [1.54, 1.807) is 12.2 Å². The fourth-order valence-corrected chi connectivity index (χ4v) is 1.22. The first-order valence-electron chi connectivity index (χ1n) is 2.53. The van der Waals surface area contributed by atoms with E-state index < -0.39 is 5.97 Å². The quantitative estimate of drug-likeness (QED) is 0.598. The molecule has 0 radical (unpaired) electrons. The Labute approximate surface area is 57.3 Å². The van der Waals surface area contributed by atoms with Crippen LogP contribution in [0.15, 0.2) is 23.1 Å². The highest BCUT2D eigenvalue weighted by Crippen LogP contribution is 2.18. The van der Waals surface area contributed by atoms with Gasteiger partial charge in [-0.3, -0.25) is 0 Å². The van der Waals surface area contributed by atoms with Gasteiger partial charge in [0.2, 0.25) is 0 Å². The largest absolute Gasteiger partial charge is 0.477 e. The van der Waals surface area contributed by atoms with Gasteiger partial charge in [0.25, 0.3) is 0 Å². The number of carboxylic acid groups (broad SMARTS) is 1. The number of aliphatic carboxylic acids is 1. The fraction of sp³-hybridized carbons (Fsp3) is 0.167. The van der Waals surface area contributed by atoms with E-state index in [4.69, 9.17) is 5.11 Å². The van der Waals surface area contributed by atoms with Crippen molar-refractivity contribution in [3.05, 3.63) is 23.1 Å². The summed E-state index contributed by atoms with van der Waals surface area (Å²) in [5, 5.41) is 8.42. The highest BCUT2D eigenvalue weighted by atomic mass is 32.2. The van der Waals surface area contributed by atoms with Gasteiger partial charge in [-0.2, -0.15) is 0 Å². The van der Waals surface area contributed by atoms with E-state index in [9.17, 15) is 4.79 Å². The van der Waals surface area contributed by atoms with Crippen molar-refractivity contribution in [3.8, 4) is 0 Å². The number of thioether (sulfide) groups is 1. The Morgan fingerprint density at radius 2 is 2.56 bits per heavy atom. The molecule has 0 aliphatic carbocycles. The van der Waals surface area contributed by atoms with Gasteiger partial charge in [-0.05, 0) is 6.08 Å². The fourth-order valence-electron chi connectivity index (χ4n) is 0.530. The van der Waals surface area contributed by atoms with E-state index in [1.165, 1.54) is 11.8 Å². The summed E-state index contributed by atoms with van der Waals surface area (Å²) in [5.41, 5.74) is 0. The maximum absolute atomic E-state index is 10.2. The highest BCUT2D eigenvalue weighted by Gasteiger charge is 2.06. The van der Waals surface area contributed by atoms with Crippen LogP contribution in [0.5, 0.6) is 0 Å². The lowest BCUT2D eigenvalue weighted by atomic mass is 10.4. The van der Waals surface area contributed by atoms with Crippen LogP contribution in [0.4, 0.5) is 0 Å². The first kappa shape index (κ1) is 6.42. The molecule has 9 heavy (non-hydrogen) atoms. The highest BCUT2D eigenvalue weighted by molar-refractivity contribution is 8.04. The molecule has 0 fully saturated rings. The lowest BCUT2D eigenvalue weighted by molar-refractivity contribution is -0.131. The summed E-state index contributed by atoms with van der Waals surface area (Å²) in [7, 11) is 0. The first-order valence-corrected chi connectivity index (χ1v) is 3.52. The van der Waals surface area contributed by atoms with Crippen molar-refractivity contribution in [2.24, 2.45) is 0 Å². The second-order valence-electron chi connectivity index (χ2n) is 1.58. The van der Waals surface area contributed by atoms with E-state index in [0.717, 1.165) is 5.75 Å². The average Bonchev–Trinajstić information content (AvgIpc) is 1.90. The Morgan fingerprint density at radius 1 is 1.78 bits per heavy atom. The Balaban J connectivity index is 2.68. The van der Waals surface area contributed by atoms with Crippen LogP contribution < -0.4 is 0 Å². The molecule has 2 nitrogen and oxygen atoms in total. The lowest BCUT2D eigenvalue weighted by Crippen LogP contribution is -1.98. The Kier molecular flexibility index (Phi) is 1.95. The number of rotatable bonds is 1. The maximum Gasteiger partial charge on any atom is 0.342 e. The van der Waals surface area contributed by atoms with Crippen LogP contribution in [-0.4, -0.2) is 16.8 Å². The molecule has 0 saturated heterocycles. The van der Waals surface area contributed by atoms with Gasteiger partial charge >= 0.3 is 5.97 Å². The molecular formula is C6H6O2S. The molecule has 0 aromatic carbocycles. The van der Waals surface area contributed by atoms with Gasteiger partial charge in [0.1, 0.15) is 0 Å². The molecule has 0 atom stereocenters. The SMILES string of the molecule is O=C(O)C1=CC=CCS1. The Morgan fingerprint density at radius 3 is 2.89 bits per heavy atom. The van der Waals surface area contributed by atoms with Crippen molar-refractivity contribution in [3.63, 3.8) is 0 Å². The molecule has 3 heteroatoms. The van der Waals surface area contributed by atoms with E-state index in [2.05, 4.69) is 0 Å². The molecule has 0 unspecified atom stereocenters. The maximum atomic E-state index is 10.2. The van der Waals surface area contributed by atoms with E-state index >= 15 is 0 Å². The van der Waals surface area contributed by atoms with Crippen LogP contribution in [0.25, 0.3) is 0 Å². The van der Waals surface area contributed by atoms with Crippen molar-refractivity contribution in [2.45, 2.75) is 0 Å². The summed E-state index contributed by atoms with van der Waals surface area (Å²) in [6.07, 6.45) is 5.30. The summed E-state index contributed by atoms with van der Waals surface area (Å²) < 4.78 is 0. The van der Waals surface area contributed by atoms with Gasteiger partial charge in [0.05, 0.1) is 4.91 Å². The molecule has 1 aliphatic heterocycles. The average molecular weight is 142 g/mol. The van der Waals surface area contributed by atoms with Crippen molar-refractivity contribution in [2.75, 3.05) is 5.75 Å². The predicted octanol–water partition coefficient (Wildman–Crippen LogP) is 1.26. The Bertz CT molecular complexity index is 181. The molecule has 0 aromatic rings. The van der Waals surface area contributed by atoms with E-state index in [0.29, 0.717) is 4.91 Å². The third-order valence-electron chi connectivity index (χ3n) is 0.930. The molecule has 1 aliphatic rings. The second-order valence-corrected chi connectivity index (χ2v) is 2.64. The number of allylic oxidation sites excluding steroid dienone is 2.